The maximum Gasteiger partial charge on any atom is 0.342 e. The predicted octanol–water partition coefficient (Wildman–Crippen LogP) is 4.12. The first-order valence-electron chi connectivity index (χ1n) is 9.46. The van der Waals surface area contributed by atoms with E-state index in [2.05, 4.69) is 5.32 Å². The van der Waals surface area contributed by atoms with Crippen molar-refractivity contribution in [3.05, 3.63) is 88.9 Å². The third kappa shape index (κ3) is 6.32. The zero-order valence-corrected chi connectivity index (χ0v) is 18.7. The van der Waals surface area contributed by atoms with E-state index in [4.69, 9.17) is 21.1 Å². The van der Waals surface area contributed by atoms with Crippen LogP contribution in [0.5, 0.6) is 5.75 Å². The summed E-state index contributed by atoms with van der Waals surface area (Å²) >= 11 is 6.13. The van der Waals surface area contributed by atoms with Crippen molar-refractivity contribution in [2.75, 3.05) is 18.2 Å². The van der Waals surface area contributed by atoms with Crippen LogP contribution < -0.4 is 10.1 Å². The van der Waals surface area contributed by atoms with Gasteiger partial charge in [-0.1, -0.05) is 41.9 Å². The molecule has 9 heteroatoms. The van der Waals surface area contributed by atoms with E-state index in [1.807, 2.05) is 18.2 Å². The Kier molecular flexibility index (Phi) is 7.50. The number of hydrogen-bond donors (Lipinski definition) is 1. The van der Waals surface area contributed by atoms with Crippen LogP contribution in [0.4, 0.5) is 5.69 Å². The Hall–Kier alpha value is -3.36. The van der Waals surface area contributed by atoms with Crippen LogP contribution in [-0.4, -0.2) is 33.2 Å². The van der Waals surface area contributed by atoms with E-state index in [1.54, 1.807) is 24.3 Å². The van der Waals surface area contributed by atoms with Gasteiger partial charge in [0.15, 0.2) is 16.4 Å². The molecule has 0 aromatic heterocycles. The van der Waals surface area contributed by atoms with Crippen molar-refractivity contribution in [2.24, 2.45) is 0 Å². The second-order valence-corrected chi connectivity index (χ2v) is 9.22. The Labute approximate surface area is 190 Å². The molecule has 0 radical (unpaired) electrons. The normalized spacial score (nSPS) is 10.9. The van der Waals surface area contributed by atoms with Crippen molar-refractivity contribution in [1.29, 1.82) is 0 Å². The minimum atomic E-state index is -3.33. The highest BCUT2D eigenvalue weighted by molar-refractivity contribution is 7.90. The molecule has 0 bridgehead atoms. The first-order valence-corrected chi connectivity index (χ1v) is 11.7. The lowest BCUT2D eigenvalue weighted by molar-refractivity contribution is -0.119. The quantitative estimate of drug-likeness (QED) is 0.494. The van der Waals surface area contributed by atoms with Crippen LogP contribution in [-0.2, 0) is 26.0 Å². The molecule has 0 aliphatic rings. The van der Waals surface area contributed by atoms with Crippen molar-refractivity contribution >= 4 is 39.0 Å². The van der Waals surface area contributed by atoms with Gasteiger partial charge in [-0.2, -0.15) is 0 Å². The summed E-state index contributed by atoms with van der Waals surface area (Å²) in [5, 5.41) is 3.09. The van der Waals surface area contributed by atoms with E-state index >= 15 is 0 Å². The second-order valence-electron chi connectivity index (χ2n) is 6.80. The fourth-order valence-electron chi connectivity index (χ4n) is 2.72. The largest absolute Gasteiger partial charge is 0.488 e. The fourth-order valence-corrected chi connectivity index (χ4v) is 3.54. The zero-order valence-electron chi connectivity index (χ0n) is 17.1. The molecular formula is C23H20ClNO6S. The van der Waals surface area contributed by atoms with Crippen molar-refractivity contribution in [2.45, 2.75) is 11.5 Å². The molecule has 32 heavy (non-hydrogen) atoms. The van der Waals surface area contributed by atoms with Gasteiger partial charge in [0.1, 0.15) is 17.9 Å². The highest BCUT2D eigenvalue weighted by atomic mass is 35.5. The molecule has 1 amide bonds. The highest BCUT2D eigenvalue weighted by Crippen LogP contribution is 2.23. The van der Waals surface area contributed by atoms with Crippen LogP contribution in [0.1, 0.15) is 15.9 Å². The van der Waals surface area contributed by atoms with Gasteiger partial charge in [0, 0.05) is 22.5 Å². The zero-order chi connectivity index (χ0) is 23.1. The van der Waals surface area contributed by atoms with Crippen LogP contribution >= 0.6 is 11.6 Å². The standard InChI is InChI=1S/C23H20ClNO6S/c1-32(28,29)18-12-10-17(11-13-18)25-22(26)15-31-23(27)19-7-3-5-9-21(19)30-14-16-6-2-4-8-20(16)24/h2-13H,14-15H2,1H3,(H,25,26). The van der Waals surface area contributed by atoms with E-state index in [1.165, 1.54) is 30.3 Å². The number of hydrogen-bond acceptors (Lipinski definition) is 6. The number of amides is 1. The van der Waals surface area contributed by atoms with Crippen molar-refractivity contribution < 1.29 is 27.5 Å². The molecule has 0 fully saturated rings. The molecule has 0 unspecified atom stereocenters. The molecule has 3 aromatic carbocycles. The number of sulfone groups is 1. The number of rotatable bonds is 8. The minimum Gasteiger partial charge on any atom is -0.488 e. The van der Waals surface area contributed by atoms with Gasteiger partial charge in [0.05, 0.1) is 4.90 Å². The summed E-state index contributed by atoms with van der Waals surface area (Å²) in [5.74, 6) is -0.989. The van der Waals surface area contributed by atoms with Crippen LogP contribution in [0.15, 0.2) is 77.7 Å². The summed E-state index contributed by atoms with van der Waals surface area (Å²) in [6, 6.07) is 19.4. The summed E-state index contributed by atoms with van der Waals surface area (Å²) in [5.41, 5.74) is 1.31. The summed E-state index contributed by atoms with van der Waals surface area (Å²) < 4.78 is 33.8. The highest BCUT2D eigenvalue weighted by Gasteiger charge is 2.16. The Morgan fingerprint density at radius 2 is 1.59 bits per heavy atom. The van der Waals surface area contributed by atoms with Crippen molar-refractivity contribution in [3.8, 4) is 5.75 Å². The van der Waals surface area contributed by atoms with Gasteiger partial charge >= 0.3 is 5.97 Å². The Morgan fingerprint density at radius 3 is 2.28 bits per heavy atom. The number of carbonyl (C=O) groups excluding carboxylic acids is 2. The van der Waals surface area contributed by atoms with E-state index in [9.17, 15) is 18.0 Å². The van der Waals surface area contributed by atoms with Crippen LogP contribution in [0.2, 0.25) is 5.02 Å². The Morgan fingerprint density at radius 1 is 0.938 bits per heavy atom. The molecular weight excluding hydrogens is 454 g/mol. The summed E-state index contributed by atoms with van der Waals surface area (Å²) in [4.78, 5) is 24.7. The van der Waals surface area contributed by atoms with E-state index in [0.29, 0.717) is 16.5 Å². The summed E-state index contributed by atoms with van der Waals surface area (Å²) in [6.07, 6.45) is 1.09. The molecule has 7 nitrogen and oxygen atoms in total. The molecule has 166 valence electrons. The van der Waals surface area contributed by atoms with Gasteiger partial charge in [0.25, 0.3) is 5.91 Å². The molecule has 0 atom stereocenters. The monoisotopic (exact) mass is 473 g/mol. The molecule has 0 aliphatic heterocycles. The Balaban J connectivity index is 1.58. The number of esters is 1. The molecule has 3 rings (SSSR count). The molecule has 0 heterocycles. The SMILES string of the molecule is CS(=O)(=O)c1ccc(NC(=O)COC(=O)c2ccccc2OCc2ccccc2Cl)cc1. The van der Waals surface area contributed by atoms with Crippen molar-refractivity contribution in [3.63, 3.8) is 0 Å². The lowest BCUT2D eigenvalue weighted by Crippen LogP contribution is -2.21. The second kappa shape index (κ2) is 10.3. The van der Waals surface area contributed by atoms with Gasteiger partial charge in [-0.3, -0.25) is 4.79 Å². The van der Waals surface area contributed by atoms with Gasteiger partial charge in [-0.15, -0.1) is 0 Å². The Bertz CT molecular complexity index is 1230. The van der Waals surface area contributed by atoms with E-state index < -0.39 is 28.3 Å². The maximum absolute atomic E-state index is 12.5. The number of anilines is 1. The third-order valence-electron chi connectivity index (χ3n) is 4.35. The summed E-state index contributed by atoms with van der Waals surface area (Å²) in [7, 11) is -3.33. The van der Waals surface area contributed by atoms with E-state index in [0.717, 1.165) is 11.8 Å². The molecule has 0 saturated carbocycles. The number of halogens is 1. The third-order valence-corrected chi connectivity index (χ3v) is 5.85. The number of benzene rings is 3. The smallest absolute Gasteiger partial charge is 0.342 e. The molecule has 0 aliphatic carbocycles. The van der Waals surface area contributed by atoms with Gasteiger partial charge < -0.3 is 14.8 Å². The first kappa shape index (κ1) is 23.3. The lowest BCUT2D eigenvalue weighted by Gasteiger charge is -2.12. The number of para-hydroxylation sites is 1. The van der Waals surface area contributed by atoms with Crippen LogP contribution in [0.3, 0.4) is 0 Å². The van der Waals surface area contributed by atoms with Gasteiger partial charge in [-0.05, 0) is 42.5 Å². The molecule has 1 N–H and O–H groups in total. The van der Waals surface area contributed by atoms with Crippen LogP contribution in [0.25, 0.3) is 0 Å². The van der Waals surface area contributed by atoms with Gasteiger partial charge in [0.2, 0.25) is 0 Å². The average molecular weight is 474 g/mol. The van der Waals surface area contributed by atoms with Gasteiger partial charge in [-0.25, -0.2) is 13.2 Å². The average Bonchev–Trinajstić information content (AvgIpc) is 2.77. The minimum absolute atomic E-state index is 0.135. The van der Waals surface area contributed by atoms with Crippen LogP contribution in [0, 0.1) is 0 Å². The topological polar surface area (TPSA) is 98.8 Å². The summed E-state index contributed by atoms with van der Waals surface area (Å²) in [6.45, 7) is -0.362. The lowest BCUT2D eigenvalue weighted by atomic mass is 10.2. The number of nitrogens with one attached hydrogen (secondary N) is 1. The number of carbonyl (C=O) groups is 2. The molecule has 0 spiro atoms. The number of ether oxygens (including phenoxy) is 2. The van der Waals surface area contributed by atoms with E-state index in [-0.39, 0.29) is 17.1 Å². The van der Waals surface area contributed by atoms with Crippen molar-refractivity contribution in [1.82, 2.24) is 0 Å². The predicted molar refractivity (Wildman–Crippen MR) is 121 cm³/mol. The molecule has 0 saturated heterocycles. The maximum atomic E-state index is 12.5. The molecule has 3 aromatic rings. The fraction of sp³-hybridized carbons (Fsp3) is 0.130. The first-order chi connectivity index (χ1) is 15.2.